The number of benzene rings is 7. The van der Waals surface area contributed by atoms with E-state index in [9.17, 15) is 0 Å². The molecule has 7 aromatic carbocycles. The van der Waals surface area contributed by atoms with Crippen molar-refractivity contribution in [1.29, 1.82) is 0 Å². The van der Waals surface area contributed by atoms with E-state index < -0.39 is 0 Å². The van der Waals surface area contributed by atoms with E-state index in [1.165, 1.54) is 64.6 Å². The van der Waals surface area contributed by atoms with Gasteiger partial charge in [0.25, 0.3) is 0 Å². The van der Waals surface area contributed by atoms with Crippen molar-refractivity contribution in [1.82, 2.24) is 0 Å². The van der Waals surface area contributed by atoms with E-state index in [1.54, 1.807) is 0 Å². The Bertz CT molecular complexity index is 1920. The fourth-order valence-electron chi connectivity index (χ4n) is 5.36. The zero-order valence-electron chi connectivity index (χ0n) is 16.4. The first-order valence-corrected chi connectivity index (χ1v) is 13.4. The minimum atomic E-state index is 1.07. The van der Waals surface area contributed by atoms with Crippen LogP contribution in [0.2, 0.25) is 0 Å². The molecule has 0 aliphatic carbocycles. The first kappa shape index (κ1) is 19.7. The van der Waals surface area contributed by atoms with Crippen molar-refractivity contribution < 1.29 is 0 Å². The van der Waals surface area contributed by atoms with Crippen LogP contribution in [0.4, 0.5) is 0 Å². The molecule has 0 radical (unpaired) electrons. The van der Waals surface area contributed by atoms with Crippen molar-refractivity contribution in [3.63, 3.8) is 0 Å². The highest BCUT2D eigenvalue weighted by atomic mass is 79.9. The molecule has 0 amide bonds. The van der Waals surface area contributed by atoms with Crippen LogP contribution in [0, 0.1) is 0 Å². The smallest absolute Gasteiger partial charge is 0.0271 e. The van der Waals surface area contributed by atoms with Crippen molar-refractivity contribution in [3.8, 4) is 0 Å². The van der Waals surface area contributed by atoms with Gasteiger partial charge in [0, 0.05) is 23.3 Å². The maximum Gasteiger partial charge on any atom is 0.0271 e. The Morgan fingerprint density at radius 1 is 0.375 bits per heavy atom. The normalized spacial score (nSPS) is 12.4. The zero-order chi connectivity index (χ0) is 21.7. The van der Waals surface area contributed by atoms with Gasteiger partial charge in [-0.05, 0) is 89.6 Å². The lowest BCUT2D eigenvalue weighted by molar-refractivity contribution is 1.69. The average Bonchev–Trinajstić information content (AvgIpc) is 2.78. The van der Waals surface area contributed by atoms with Gasteiger partial charge in [0.15, 0.2) is 0 Å². The highest BCUT2D eigenvalue weighted by molar-refractivity contribution is 9.11. The Kier molecular flexibility index (Phi) is 4.25. The average molecular weight is 668 g/mol. The number of hydrogen-bond donors (Lipinski definition) is 0. The summed E-state index contributed by atoms with van der Waals surface area (Å²) in [4.78, 5) is 0. The molecule has 0 heterocycles. The summed E-state index contributed by atoms with van der Waals surface area (Å²) < 4.78 is 4.39. The summed E-state index contributed by atoms with van der Waals surface area (Å²) >= 11 is 15.3. The van der Waals surface area contributed by atoms with Crippen molar-refractivity contribution in [2.24, 2.45) is 0 Å². The summed E-state index contributed by atoms with van der Waals surface area (Å²) in [6.07, 6.45) is 0. The first-order chi connectivity index (χ1) is 15.5. The van der Waals surface area contributed by atoms with Crippen molar-refractivity contribution in [3.05, 3.63) is 90.7 Å². The molecule has 0 saturated heterocycles. The number of fused-ring (bicyclic) bond motifs is 6. The molecule has 0 saturated carbocycles. The molecule has 0 unspecified atom stereocenters. The molecule has 7 rings (SSSR count). The maximum atomic E-state index is 3.91. The Morgan fingerprint density at radius 2 is 1.03 bits per heavy atom. The van der Waals surface area contributed by atoms with Gasteiger partial charge in [-0.25, -0.2) is 0 Å². The van der Waals surface area contributed by atoms with Crippen LogP contribution in [0.3, 0.4) is 0 Å². The number of hydrogen-bond acceptors (Lipinski definition) is 0. The highest BCUT2D eigenvalue weighted by Gasteiger charge is 2.20. The van der Waals surface area contributed by atoms with Gasteiger partial charge in [0.2, 0.25) is 0 Å². The molecule has 0 atom stereocenters. The molecule has 32 heavy (non-hydrogen) atoms. The summed E-state index contributed by atoms with van der Waals surface area (Å²) in [6, 6.07) is 26.7. The van der Waals surface area contributed by atoms with Crippen molar-refractivity contribution in [2.75, 3.05) is 0 Å². The number of halogens is 4. The zero-order valence-corrected chi connectivity index (χ0v) is 22.8. The SMILES string of the molecule is Brc1cc(Br)c2cc3c4ccccc4cc4c5c(Br)cc(Br)c6cccc(c65)c(c2c1)c34. The second-order valence-corrected chi connectivity index (χ2v) is 11.7. The summed E-state index contributed by atoms with van der Waals surface area (Å²) in [6.45, 7) is 0. The summed E-state index contributed by atoms with van der Waals surface area (Å²) in [5.74, 6) is 0. The molecule has 7 aromatic rings. The first-order valence-electron chi connectivity index (χ1n) is 10.2. The second-order valence-electron chi connectivity index (χ2n) is 8.25. The quantitative estimate of drug-likeness (QED) is 0.112. The van der Waals surface area contributed by atoms with Gasteiger partial charge in [0.05, 0.1) is 0 Å². The van der Waals surface area contributed by atoms with E-state index in [4.69, 9.17) is 0 Å². The predicted molar refractivity (Wildman–Crippen MR) is 153 cm³/mol. The van der Waals surface area contributed by atoms with Crippen LogP contribution in [0.5, 0.6) is 0 Å². The molecule has 0 aliphatic heterocycles. The molecule has 0 fully saturated rings. The molecular formula is C28H12Br4. The van der Waals surface area contributed by atoms with Crippen LogP contribution >= 0.6 is 63.7 Å². The van der Waals surface area contributed by atoms with E-state index in [1.807, 2.05) is 0 Å². The van der Waals surface area contributed by atoms with Crippen molar-refractivity contribution in [2.45, 2.75) is 0 Å². The van der Waals surface area contributed by atoms with Crippen LogP contribution in [0.15, 0.2) is 90.7 Å². The standard InChI is InChI=1S/C28H12Br4/c29-14-9-19-18(22(30)10-14)11-20-15-5-2-1-4-13(15)8-21-27(20)26(19)17-7-3-6-16-23(31)12-24(32)28(21)25(16)17/h1-12H. The Morgan fingerprint density at radius 3 is 1.91 bits per heavy atom. The molecule has 152 valence electrons. The number of rotatable bonds is 0. The minimum absolute atomic E-state index is 1.07. The second kappa shape index (κ2) is 6.89. The lowest BCUT2D eigenvalue weighted by atomic mass is 9.85. The van der Waals surface area contributed by atoms with Gasteiger partial charge < -0.3 is 0 Å². The van der Waals surface area contributed by atoms with Crippen LogP contribution < -0.4 is 0 Å². The van der Waals surface area contributed by atoms with Gasteiger partial charge >= 0.3 is 0 Å². The molecule has 0 spiro atoms. The third-order valence-electron chi connectivity index (χ3n) is 6.59. The van der Waals surface area contributed by atoms with E-state index in [0.29, 0.717) is 0 Å². The molecule has 0 bridgehead atoms. The minimum Gasteiger partial charge on any atom is -0.0616 e. The lowest BCUT2D eigenvalue weighted by Gasteiger charge is -2.20. The topological polar surface area (TPSA) is 0 Å². The molecule has 0 aliphatic rings. The van der Waals surface area contributed by atoms with Crippen molar-refractivity contribution >= 4 is 128 Å². The van der Waals surface area contributed by atoms with E-state index in [-0.39, 0.29) is 0 Å². The summed E-state index contributed by atoms with van der Waals surface area (Å²) in [7, 11) is 0. The predicted octanol–water partition coefficient (Wildman–Crippen LogP) is 11.1. The highest BCUT2D eigenvalue weighted by Crippen LogP contribution is 2.49. The van der Waals surface area contributed by atoms with Gasteiger partial charge in [-0.15, -0.1) is 0 Å². The van der Waals surface area contributed by atoms with Gasteiger partial charge in [-0.2, -0.15) is 0 Å². The molecule has 0 aromatic heterocycles. The Labute approximate surface area is 217 Å². The molecule has 0 N–H and O–H groups in total. The van der Waals surface area contributed by atoms with Gasteiger partial charge in [-0.1, -0.05) is 106 Å². The fourth-order valence-corrected chi connectivity index (χ4v) is 8.21. The van der Waals surface area contributed by atoms with Gasteiger partial charge in [0.1, 0.15) is 0 Å². The Balaban J connectivity index is 1.99. The van der Waals surface area contributed by atoms with E-state index >= 15 is 0 Å². The Hall–Kier alpha value is -1.72. The van der Waals surface area contributed by atoms with Crippen LogP contribution in [0.1, 0.15) is 0 Å². The summed E-state index contributed by atoms with van der Waals surface area (Å²) in [5.41, 5.74) is 0. The van der Waals surface area contributed by atoms with E-state index in [2.05, 4.69) is 137 Å². The van der Waals surface area contributed by atoms with Crippen LogP contribution in [0.25, 0.3) is 64.6 Å². The monoisotopic (exact) mass is 664 g/mol. The third-order valence-corrected chi connectivity index (χ3v) is 8.99. The van der Waals surface area contributed by atoms with Gasteiger partial charge in [-0.3, -0.25) is 0 Å². The maximum absolute atomic E-state index is 3.91. The lowest BCUT2D eigenvalue weighted by Crippen LogP contribution is -1.92. The summed E-state index contributed by atoms with van der Waals surface area (Å²) in [5, 5.41) is 15.3. The molecule has 4 heteroatoms. The largest absolute Gasteiger partial charge is 0.0616 e. The van der Waals surface area contributed by atoms with Crippen LogP contribution in [-0.4, -0.2) is 0 Å². The van der Waals surface area contributed by atoms with E-state index in [0.717, 1.165) is 17.9 Å². The fraction of sp³-hybridized carbons (Fsp3) is 0. The molecular weight excluding hydrogens is 656 g/mol. The third kappa shape index (κ3) is 2.53. The molecule has 0 nitrogen and oxygen atoms in total. The van der Waals surface area contributed by atoms with Crippen LogP contribution in [-0.2, 0) is 0 Å².